The molecule has 1 saturated heterocycles. The first-order valence-corrected chi connectivity index (χ1v) is 11.8. The van der Waals surface area contributed by atoms with Crippen molar-refractivity contribution >= 4 is 23.9 Å². The summed E-state index contributed by atoms with van der Waals surface area (Å²) in [6, 6.07) is 16.5. The Labute approximate surface area is 210 Å². The molecule has 2 aromatic rings. The lowest BCUT2D eigenvalue weighted by Crippen LogP contribution is -2.50. The van der Waals surface area contributed by atoms with Gasteiger partial charge in [-0.25, -0.2) is 9.59 Å². The highest BCUT2D eigenvalue weighted by molar-refractivity contribution is 5.92. The number of amides is 3. The SMILES string of the molecule is CC1C[C@H](NC(=O)OCc2ccccc2)C(=O)N1[C@@H](Cc1ccccc1)C(=O)O/C=C\CCC(N)=O. The number of benzene rings is 2. The van der Waals surface area contributed by atoms with Gasteiger partial charge in [-0.2, -0.15) is 0 Å². The third kappa shape index (κ3) is 7.69. The molecule has 0 aliphatic carbocycles. The van der Waals surface area contributed by atoms with Crippen LogP contribution in [0.4, 0.5) is 4.79 Å². The molecule has 0 spiro atoms. The summed E-state index contributed by atoms with van der Waals surface area (Å²) in [5, 5.41) is 2.63. The van der Waals surface area contributed by atoms with E-state index in [1.165, 1.54) is 17.2 Å². The van der Waals surface area contributed by atoms with E-state index in [9.17, 15) is 19.2 Å². The van der Waals surface area contributed by atoms with Crippen molar-refractivity contribution in [3.8, 4) is 0 Å². The van der Waals surface area contributed by atoms with Gasteiger partial charge in [-0.1, -0.05) is 60.7 Å². The number of carbonyl (C=O) groups is 4. The van der Waals surface area contributed by atoms with Gasteiger partial charge in [-0.15, -0.1) is 0 Å². The van der Waals surface area contributed by atoms with Crippen LogP contribution in [-0.4, -0.2) is 46.9 Å². The Bertz CT molecular complexity index is 1070. The van der Waals surface area contributed by atoms with Crippen molar-refractivity contribution in [3.05, 3.63) is 84.1 Å². The molecule has 3 atom stereocenters. The van der Waals surface area contributed by atoms with Gasteiger partial charge in [0.1, 0.15) is 18.7 Å². The Hall–Kier alpha value is -4.14. The average Bonchev–Trinajstić information content (AvgIpc) is 3.14. The number of nitrogens with one attached hydrogen (secondary N) is 1. The molecule has 36 heavy (non-hydrogen) atoms. The first-order valence-electron chi connectivity index (χ1n) is 11.8. The van der Waals surface area contributed by atoms with Crippen molar-refractivity contribution < 1.29 is 28.7 Å². The number of allylic oxidation sites excluding steroid dienone is 1. The van der Waals surface area contributed by atoms with Gasteiger partial charge in [0.2, 0.25) is 11.8 Å². The summed E-state index contributed by atoms with van der Waals surface area (Å²) in [5.41, 5.74) is 6.80. The van der Waals surface area contributed by atoms with Crippen LogP contribution in [0.1, 0.15) is 37.3 Å². The molecule has 190 valence electrons. The Balaban J connectivity index is 1.66. The number of carbonyl (C=O) groups excluding carboxylic acids is 4. The van der Waals surface area contributed by atoms with E-state index in [0.717, 1.165) is 11.1 Å². The Kier molecular flexibility index (Phi) is 9.62. The van der Waals surface area contributed by atoms with E-state index in [-0.39, 0.29) is 31.4 Å². The van der Waals surface area contributed by atoms with E-state index in [4.69, 9.17) is 15.2 Å². The monoisotopic (exact) mass is 493 g/mol. The fraction of sp³-hybridized carbons (Fsp3) is 0.333. The maximum absolute atomic E-state index is 13.3. The molecule has 3 N–H and O–H groups in total. The molecular weight excluding hydrogens is 462 g/mol. The molecule has 2 aromatic carbocycles. The molecule has 1 heterocycles. The molecule has 1 aliphatic heterocycles. The lowest BCUT2D eigenvalue weighted by molar-refractivity contribution is -0.150. The van der Waals surface area contributed by atoms with E-state index >= 15 is 0 Å². The Morgan fingerprint density at radius 1 is 1.08 bits per heavy atom. The molecule has 1 aliphatic rings. The molecule has 1 unspecified atom stereocenters. The van der Waals surface area contributed by atoms with Gasteiger partial charge in [0, 0.05) is 18.9 Å². The average molecular weight is 494 g/mol. The largest absolute Gasteiger partial charge is 0.445 e. The third-order valence-corrected chi connectivity index (χ3v) is 5.83. The van der Waals surface area contributed by atoms with Crippen LogP contribution in [-0.2, 0) is 36.9 Å². The number of nitrogens with two attached hydrogens (primary N) is 1. The van der Waals surface area contributed by atoms with E-state index in [0.29, 0.717) is 12.8 Å². The molecule has 0 bridgehead atoms. The highest BCUT2D eigenvalue weighted by Crippen LogP contribution is 2.25. The summed E-state index contributed by atoms with van der Waals surface area (Å²) < 4.78 is 10.5. The number of esters is 1. The van der Waals surface area contributed by atoms with Crippen molar-refractivity contribution in [3.63, 3.8) is 0 Å². The molecule has 9 nitrogen and oxygen atoms in total. The maximum atomic E-state index is 13.3. The maximum Gasteiger partial charge on any atom is 0.408 e. The van der Waals surface area contributed by atoms with Crippen molar-refractivity contribution in [2.45, 2.75) is 57.3 Å². The zero-order valence-electron chi connectivity index (χ0n) is 20.2. The summed E-state index contributed by atoms with van der Waals surface area (Å²) in [6.45, 7) is 1.90. The molecule has 1 fully saturated rings. The number of hydrogen-bond donors (Lipinski definition) is 2. The van der Waals surface area contributed by atoms with Gasteiger partial charge in [0.15, 0.2) is 0 Å². The fourth-order valence-electron chi connectivity index (χ4n) is 4.06. The highest BCUT2D eigenvalue weighted by atomic mass is 16.5. The summed E-state index contributed by atoms with van der Waals surface area (Å²) >= 11 is 0. The summed E-state index contributed by atoms with van der Waals surface area (Å²) in [5.74, 6) is -1.44. The summed E-state index contributed by atoms with van der Waals surface area (Å²) in [6.07, 6.45) is 3.09. The van der Waals surface area contributed by atoms with E-state index in [1.807, 2.05) is 67.6 Å². The van der Waals surface area contributed by atoms with Crippen LogP contribution in [0.5, 0.6) is 0 Å². The second kappa shape index (κ2) is 13.1. The minimum Gasteiger partial charge on any atom is -0.445 e. The lowest BCUT2D eigenvalue weighted by Gasteiger charge is -2.29. The van der Waals surface area contributed by atoms with Gasteiger partial charge in [0.25, 0.3) is 0 Å². The van der Waals surface area contributed by atoms with Gasteiger partial charge in [0.05, 0.1) is 6.26 Å². The minimum atomic E-state index is -0.900. The van der Waals surface area contributed by atoms with Crippen LogP contribution in [0.3, 0.4) is 0 Å². The number of primary amides is 1. The van der Waals surface area contributed by atoms with Gasteiger partial charge in [-0.05, 0) is 37.0 Å². The highest BCUT2D eigenvalue weighted by Gasteiger charge is 2.44. The predicted octanol–water partition coefficient (Wildman–Crippen LogP) is 2.84. The van der Waals surface area contributed by atoms with Crippen molar-refractivity contribution in [2.75, 3.05) is 0 Å². The number of alkyl carbamates (subject to hydrolysis) is 1. The topological polar surface area (TPSA) is 128 Å². The first-order chi connectivity index (χ1) is 17.3. The van der Waals surface area contributed by atoms with Gasteiger partial charge in [-0.3, -0.25) is 9.59 Å². The van der Waals surface area contributed by atoms with Crippen molar-refractivity contribution in [1.29, 1.82) is 0 Å². The standard InChI is InChI=1S/C27H31N3O6/c1-19-16-22(29-27(34)36-18-21-12-6-3-7-13-21)25(32)30(19)23(17-20-10-4-2-5-11-20)26(33)35-15-9-8-14-24(28)31/h2-7,9-13,15,19,22-23H,8,14,16-18H2,1H3,(H2,28,31)(H,29,34)/b15-9-/t19?,22-,23-/m0/s1. The minimum absolute atomic E-state index is 0.0812. The van der Waals surface area contributed by atoms with E-state index in [2.05, 4.69) is 5.32 Å². The third-order valence-electron chi connectivity index (χ3n) is 5.83. The molecular formula is C27H31N3O6. The fourth-order valence-corrected chi connectivity index (χ4v) is 4.06. The number of hydrogen-bond acceptors (Lipinski definition) is 6. The zero-order valence-corrected chi connectivity index (χ0v) is 20.2. The summed E-state index contributed by atoms with van der Waals surface area (Å²) in [4.78, 5) is 51.0. The Morgan fingerprint density at radius 3 is 2.36 bits per heavy atom. The van der Waals surface area contributed by atoms with E-state index in [1.54, 1.807) is 0 Å². The summed E-state index contributed by atoms with van der Waals surface area (Å²) in [7, 11) is 0. The van der Waals surface area contributed by atoms with E-state index < -0.39 is 30.1 Å². The Morgan fingerprint density at radius 2 is 1.72 bits per heavy atom. The zero-order chi connectivity index (χ0) is 25.9. The van der Waals surface area contributed by atoms with Gasteiger partial charge < -0.3 is 25.4 Å². The van der Waals surface area contributed by atoms with Crippen LogP contribution < -0.4 is 11.1 Å². The second-order valence-electron chi connectivity index (χ2n) is 8.61. The van der Waals surface area contributed by atoms with Crippen LogP contribution in [0.15, 0.2) is 73.0 Å². The quantitative estimate of drug-likeness (QED) is 0.366. The molecule has 9 heteroatoms. The van der Waals surface area contributed by atoms with Crippen molar-refractivity contribution in [2.24, 2.45) is 5.73 Å². The molecule has 0 radical (unpaired) electrons. The normalized spacial score (nSPS) is 18.1. The molecule has 0 aromatic heterocycles. The number of ether oxygens (including phenoxy) is 2. The molecule has 3 rings (SSSR count). The molecule has 0 saturated carbocycles. The lowest BCUT2D eigenvalue weighted by atomic mass is 10.0. The van der Waals surface area contributed by atoms with Crippen LogP contribution in [0.2, 0.25) is 0 Å². The number of likely N-dealkylation sites (tertiary alicyclic amines) is 1. The first kappa shape index (κ1) is 26.5. The number of rotatable bonds is 11. The number of nitrogens with zero attached hydrogens (tertiary/aromatic N) is 1. The second-order valence-corrected chi connectivity index (χ2v) is 8.61. The smallest absolute Gasteiger partial charge is 0.408 e. The van der Waals surface area contributed by atoms with Crippen LogP contribution >= 0.6 is 0 Å². The molecule has 3 amide bonds. The van der Waals surface area contributed by atoms with Gasteiger partial charge >= 0.3 is 12.1 Å². The predicted molar refractivity (Wildman–Crippen MR) is 132 cm³/mol. The van der Waals surface area contributed by atoms with Crippen LogP contribution in [0.25, 0.3) is 0 Å². The van der Waals surface area contributed by atoms with Crippen LogP contribution in [0, 0.1) is 0 Å². The van der Waals surface area contributed by atoms with Crippen molar-refractivity contribution in [1.82, 2.24) is 10.2 Å².